The van der Waals surface area contributed by atoms with E-state index in [1.165, 1.54) is 57.8 Å². The van der Waals surface area contributed by atoms with Gasteiger partial charge >= 0.3 is 0 Å². The van der Waals surface area contributed by atoms with Crippen molar-refractivity contribution in [2.45, 2.75) is 84.0 Å². The number of carbonyl (C=O) groups is 1. The summed E-state index contributed by atoms with van der Waals surface area (Å²) in [5, 5.41) is 4.63. The molecule has 0 radical (unpaired) electrons. The number of unbranched alkanes of at least 4 members (excludes halogenated alkanes) is 10. The van der Waals surface area contributed by atoms with Gasteiger partial charge in [0, 0.05) is 11.4 Å². The molecule has 0 aliphatic rings. The van der Waals surface area contributed by atoms with Gasteiger partial charge in [-0.15, -0.1) is 0 Å². The lowest BCUT2D eigenvalue weighted by atomic mass is 10.1. The number of halogens is 1. The summed E-state index contributed by atoms with van der Waals surface area (Å²) in [6.45, 7) is 2.26. The molecule has 0 fully saturated rings. The fraction of sp³-hybridized carbons (Fsp3) is 0.619. The Balaban J connectivity index is 1.93. The fourth-order valence-electron chi connectivity index (χ4n) is 2.77. The van der Waals surface area contributed by atoms with Crippen molar-refractivity contribution in [2.75, 3.05) is 0 Å². The highest BCUT2D eigenvalue weighted by Gasteiger charge is 1.99. The van der Waals surface area contributed by atoms with Crippen molar-refractivity contribution < 1.29 is 4.79 Å². The van der Waals surface area contributed by atoms with E-state index in [9.17, 15) is 4.79 Å². The third-order valence-corrected chi connectivity index (χ3v) is 4.49. The highest BCUT2D eigenvalue weighted by Crippen LogP contribution is 2.12. The number of nitrogens with one attached hydrogen (secondary N) is 1. The van der Waals surface area contributed by atoms with Crippen molar-refractivity contribution >= 4 is 23.7 Å². The van der Waals surface area contributed by atoms with Gasteiger partial charge in [0.2, 0.25) is 5.91 Å². The van der Waals surface area contributed by atoms with Crippen LogP contribution in [0.25, 0.3) is 0 Å². The van der Waals surface area contributed by atoms with E-state index in [2.05, 4.69) is 17.5 Å². The predicted octanol–water partition coefficient (Wildman–Crippen LogP) is 6.49. The van der Waals surface area contributed by atoms with E-state index >= 15 is 0 Å². The Morgan fingerprint density at radius 2 is 1.60 bits per heavy atom. The average molecular weight is 365 g/mol. The molecule has 0 heterocycles. The molecule has 0 spiro atoms. The third kappa shape index (κ3) is 12.6. The minimum atomic E-state index is -0.0193. The van der Waals surface area contributed by atoms with Gasteiger partial charge < -0.3 is 0 Å². The van der Waals surface area contributed by atoms with Gasteiger partial charge in [0.05, 0.1) is 6.21 Å². The molecular weight excluding hydrogens is 332 g/mol. The fourth-order valence-corrected chi connectivity index (χ4v) is 2.97. The Hall–Kier alpha value is -1.35. The van der Waals surface area contributed by atoms with E-state index in [-0.39, 0.29) is 5.91 Å². The Morgan fingerprint density at radius 3 is 2.20 bits per heavy atom. The monoisotopic (exact) mass is 364 g/mol. The molecule has 0 saturated carbocycles. The van der Waals surface area contributed by atoms with Crippen LogP contribution >= 0.6 is 11.6 Å². The third-order valence-electron chi connectivity index (χ3n) is 4.26. The average Bonchev–Trinajstić information content (AvgIpc) is 2.60. The SMILES string of the molecule is CCCCCCCCCCCCCC(=O)N/N=C\c1cccc(Cl)c1. The lowest BCUT2D eigenvalue weighted by Crippen LogP contribution is -2.16. The molecule has 1 N–H and O–H groups in total. The highest BCUT2D eigenvalue weighted by molar-refractivity contribution is 6.30. The molecule has 140 valence electrons. The summed E-state index contributed by atoms with van der Waals surface area (Å²) in [6, 6.07) is 7.37. The quantitative estimate of drug-likeness (QED) is 0.229. The van der Waals surface area contributed by atoms with Crippen LogP contribution in [0.15, 0.2) is 29.4 Å². The molecule has 0 aromatic heterocycles. The van der Waals surface area contributed by atoms with Gasteiger partial charge in [0.1, 0.15) is 0 Å². The maximum atomic E-state index is 11.7. The molecule has 4 heteroatoms. The summed E-state index contributed by atoms with van der Waals surface area (Å²) < 4.78 is 0. The van der Waals surface area contributed by atoms with Crippen LogP contribution in [0.3, 0.4) is 0 Å². The Labute approximate surface area is 158 Å². The largest absolute Gasteiger partial charge is 0.273 e. The summed E-state index contributed by atoms with van der Waals surface area (Å²) in [5.74, 6) is -0.0193. The van der Waals surface area contributed by atoms with Crippen LogP contribution in [0.5, 0.6) is 0 Å². The van der Waals surface area contributed by atoms with Gasteiger partial charge in [-0.25, -0.2) is 5.43 Å². The molecule has 0 unspecified atom stereocenters. The number of amides is 1. The first-order valence-corrected chi connectivity index (χ1v) is 10.2. The minimum Gasteiger partial charge on any atom is -0.273 e. The van der Waals surface area contributed by atoms with E-state index < -0.39 is 0 Å². The second kappa shape index (κ2) is 14.9. The van der Waals surface area contributed by atoms with Crippen LogP contribution < -0.4 is 5.43 Å². The topological polar surface area (TPSA) is 41.5 Å². The van der Waals surface area contributed by atoms with Crippen molar-refractivity contribution in [3.05, 3.63) is 34.9 Å². The van der Waals surface area contributed by atoms with Crippen LogP contribution in [-0.4, -0.2) is 12.1 Å². The number of hydrazone groups is 1. The van der Waals surface area contributed by atoms with Crippen molar-refractivity contribution in [3.8, 4) is 0 Å². The summed E-state index contributed by atoms with van der Waals surface area (Å²) in [7, 11) is 0. The molecular formula is C21H33ClN2O. The molecule has 25 heavy (non-hydrogen) atoms. The molecule has 0 bridgehead atoms. The number of hydrogen-bond donors (Lipinski definition) is 1. The Kier molecular flexibility index (Phi) is 13.0. The number of hydrogen-bond acceptors (Lipinski definition) is 2. The number of rotatable bonds is 14. The maximum absolute atomic E-state index is 11.7. The van der Waals surface area contributed by atoms with E-state index in [0.717, 1.165) is 18.4 Å². The Bertz CT molecular complexity index is 502. The molecule has 0 atom stereocenters. The van der Waals surface area contributed by atoms with Gasteiger partial charge in [-0.3, -0.25) is 4.79 Å². The van der Waals surface area contributed by atoms with Crippen LogP contribution in [0.4, 0.5) is 0 Å². The standard InChI is InChI=1S/C21H33ClN2O/c1-2-3-4-5-6-7-8-9-10-11-12-16-21(25)24-23-18-19-14-13-15-20(22)17-19/h13-15,17-18H,2-12,16H2,1H3,(H,24,25)/b23-18-. The highest BCUT2D eigenvalue weighted by atomic mass is 35.5. The first kappa shape index (κ1) is 21.7. The molecule has 1 aromatic carbocycles. The van der Waals surface area contributed by atoms with Crippen LogP contribution in [0, 0.1) is 0 Å². The first-order chi connectivity index (χ1) is 12.2. The molecule has 0 saturated heterocycles. The van der Waals surface area contributed by atoms with Crippen molar-refractivity contribution in [3.63, 3.8) is 0 Å². The lowest BCUT2D eigenvalue weighted by Gasteiger charge is -2.02. The molecule has 0 aliphatic heterocycles. The summed E-state index contributed by atoms with van der Waals surface area (Å²) in [5.41, 5.74) is 3.45. The van der Waals surface area contributed by atoms with Crippen LogP contribution in [0.2, 0.25) is 5.02 Å². The summed E-state index contributed by atoms with van der Waals surface area (Å²) >= 11 is 5.90. The van der Waals surface area contributed by atoms with Crippen LogP contribution in [-0.2, 0) is 4.79 Å². The summed E-state index contributed by atoms with van der Waals surface area (Å²) in [6.07, 6.45) is 16.3. The first-order valence-electron chi connectivity index (χ1n) is 9.80. The zero-order valence-corrected chi connectivity index (χ0v) is 16.4. The second-order valence-electron chi connectivity index (χ2n) is 6.63. The Morgan fingerprint density at radius 1 is 1.00 bits per heavy atom. The van der Waals surface area contributed by atoms with Gasteiger partial charge in [0.15, 0.2) is 0 Å². The molecule has 3 nitrogen and oxygen atoms in total. The van der Waals surface area contributed by atoms with E-state index in [0.29, 0.717) is 11.4 Å². The molecule has 1 rings (SSSR count). The predicted molar refractivity (Wildman–Crippen MR) is 108 cm³/mol. The zero-order valence-electron chi connectivity index (χ0n) is 15.6. The van der Waals surface area contributed by atoms with Crippen molar-refractivity contribution in [2.24, 2.45) is 5.10 Å². The van der Waals surface area contributed by atoms with Gasteiger partial charge in [-0.05, 0) is 24.1 Å². The number of benzene rings is 1. The van der Waals surface area contributed by atoms with E-state index in [1.54, 1.807) is 12.3 Å². The molecule has 0 aliphatic carbocycles. The van der Waals surface area contributed by atoms with E-state index in [1.807, 2.05) is 18.2 Å². The molecule has 1 aromatic rings. The number of nitrogens with zero attached hydrogens (tertiary/aromatic N) is 1. The van der Waals surface area contributed by atoms with Gasteiger partial charge in [-0.2, -0.15) is 5.10 Å². The van der Waals surface area contributed by atoms with Crippen molar-refractivity contribution in [1.29, 1.82) is 0 Å². The second-order valence-corrected chi connectivity index (χ2v) is 7.07. The van der Waals surface area contributed by atoms with Gasteiger partial charge in [0.25, 0.3) is 0 Å². The maximum Gasteiger partial charge on any atom is 0.240 e. The van der Waals surface area contributed by atoms with Gasteiger partial charge in [-0.1, -0.05) is 94.9 Å². The minimum absolute atomic E-state index is 0.0193. The number of carbonyl (C=O) groups excluding carboxylic acids is 1. The summed E-state index contributed by atoms with van der Waals surface area (Å²) in [4.78, 5) is 11.7. The van der Waals surface area contributed by atoms with Crippen LogP contribution in [0.1, 0.15) is 89.5 Å². The van der Waals surface area contributed by atoms with Crippen molar-refractivity contribution in [1.82, 2.24) is 5.43 Å². The lowest BCUT2D eigenvalue weighted by molar-refractivity contribution is -0.121. The normalized spacial score (nSPS) is 11.1. The van der Waals surface area contributed by atoms with E-state index in [4.69, 9.17) is 11.6 Å². The smallest absolute Gasteiger partial charge is 0.240 e. The molecule has 1 amide bonds. The zero-order chi connectivity index (χ0) is 18.2.